The van der Waals surface area contributed by atoms with Crippen molar-refractivity contribution in [1.82, 2.24) is 0 Å². The van der Waals surface area contributed by atoms with E-state index in [1.54, 1.807) is 0 Å². The van der Waals surface area contributed by atoms with E-state index < -0.39 is 0 Å². The average molecular weight is 243 g/mol. The van der Waals surface area contributed by atoms with Crippen molar-refractivity contribution in [2.75, 3.05) is 0 Å². The Hall–Kier alpha value is 5.80. The second kappa shape index (κ2) is 30.8. The zero-order valence-electron chi connectivity index (χ0n) is 0. The third-order valence-corrected chi connectivity index (χ3v) is 0. The fourth-order valence-corrected chi connectivity index (χ4v) is 0. The van der Waals surface area contributed by atoms with Gasteiger partial charge >= 0.3 is 172 Å². The van der Waals surface area contributed by atoms with Crippen molar-refractivity contribution in [2.24, 2.45) is 0 Å². The van der Waals surface area contributed by atoms with Crippen molar-refractivity contribution in [3.63, 3.8) is 0 Å². The molecule has 0 aromatic rings. The normalized spacial score (nSPS) is 0. The molecule has 0 atom stereocenters. The molecule has 0 spiro atoms. The maximum absolute atomic E-state index is 0. The quantitative estimate of drug-likeness (QED) is 0.375. The molecule has 0 heterocycles. The summed E-state index contributed by atoms with van der Waals surface area (Å²) >= 11 is 0. The molecule has 0 unspecified atom stereocenters. The first-order chi connectivity index (χ1) is 0. The van der Waals surface area contributed by atoms with Gasteiger partial charge in [0.25, 0.3) is 0 Å². The third-order valence-electron chi connectivity index (χ3n) is 0. The van der Waals surface area contributed by atoms with Crippen LogP contribution in [0.5, 0.6) is 0 Å². The Morgan fingerprint density at radius 2 is 0.333 bits per heavy atom. The molecule has 0 aliphatic rings. The Labute approximate surface area is 167 Å². The average Bonchev–Trinajstić information content (AvgIpc) is 0. The molecule has 0 radical (unpaired) electrons. The molecule has 0 aromatic carbocycles. The molecule has 0 rings (SSSR count). The summed E-state index contributed by atoms with van der Waals surface area (Å²) in [6.07, 6.45) is 0. The van der Waals surface area contributed by atoms with Gasteiger partial charge in [-0.15, -0.1) is 0 Å². The van der Waals surface area contributed by atoms with Crippen LogP contribution in [0, 0.1) is 0 Å². The molecule has 0 N–H and O–H groups in total. The van der Waals surface area contributed by atoms with E-state index in [0.717, 1.165) is 0 Å². The van der Waals surface area contributed by atoms with Gasteiger partial charge in [0.05, 0.1) is 0 Å². The van der Waals surface area contributed by atoms with Gasteiger partial charge in [0.15, 0.2) is 0 Å². The summed E-state index contributed by atoms with van der Waals surface area (Å²) in [6.45, 7) is 0. The summed E-state index contributed by atoms with van der Waals surface area (Å²) in [4.78, 5) is 0. The van der Waals surface area contributed by atoms with Crippen LogP contribution in [0.25, 0.3) is 0 Å². The van der Waals surface area contributed by atoms with Crippen LogP contribution in [-0.4, -0.2) is 172 Å². The van der Waals surface area contributed by atoms with Gasteiger partial charge in [-0.3, -0.25) is 0 Å². The molecule has 0 saturated heterocycles. The summed E-state index contributed by atoms with van der Waals surface area (Å²) < 4.78 is 0. The summed E-state index contributed by atoms with van der Waals surface area (Å²) in [5.41, 5.74) is 0. The topological polar surface area (TPSA) is 0 Å². The Bertz CT molecular complexity index is 3.90. The molecule has 0 amide bonds. The summed E-state index contributed by atoms with van der Waals surface area (Å²) in [5, 5.41) is 0. The molecule has 0 aliphatic carbocycles. The summed E-state index contributed by atoms with van der Waals surface area (Å²) in [5.74, 6) is 0. The first-order valence-electron chi connectivity index (χ1n) is 0. The van der Waals surface area contributed by atoms with E-state index in [9.17, 15) is 0 Å². The van der Waals surface area contributed by atoms with Crippen LogP contribution in [0.1, 0.15) is 0 Å². The molecule has 0 bridgehead atoms. The van der Waals surface area contributed by atoms with Crippen LogP contribution >= 0.6 is 0 Å². The number of hydrogen-bond acceptors (Lipinski definition) is 0. The second-order valence-corrected chi connectivity index (χ2v) is 0. The first kappa shape index (κ1) is 40.9. The maximum atomic E-state index is 0. The van der Waals surface area contributed by atoms with Crippen molar-refractivity contribution in [3.05, 3.63) is 0 Å². The van der Waals surface area contributed by atoms with Crippen molar-refractivity contribution < 1.29 is 0 Å². The molecule has 0 fully saturated rings. The molecular formula is H9Na5Sn. The molecule has 6 heteroatoms. The Kier molecular flexibility index (Phi) is 210. The van der Waals surface area contributed by atoms with Crippen molar-refractivity contribution in [2.45, 2.75) is 0 Å². The van der Waals surface area contributed by atoms with Crippen LogP contribution in [0.15, 0.2) is 0 Å². The molecule has 18 valence electrons. The monoisotopic (exact) mass is 244 g/mol. The molecule has 0 nitrogen and oxygen atoms in total. The van der Waals surface area contributed by atoms with Gasteiger partial charge in [0.2, 0.25) is 0 Å². The van der Waals surface area contributed by atoms with Gasteiger partial charge in [0.1, 0.15) is 0 Å². The van der Waals surface area contributed by atoms with Gasteiger partial charge in [-0.1, -0.05) is 0 Å². The summed E-state index contributed by atoms with van der Waals surface area (Å²) in [6, 6.07) is 0. The van der Waals surface area contributed by atoms with E-state index >= 15 is 0 Å². The van der Waals surface area contributed by atoms with Crippen molar-refractivity contribution in [3.8, 4) is 0 Å². The van der Waals surface area contributed by atoms with E-state index in [1.165, 1.54) is 0 Å². The second-order valence-electron chi connectivity index (χ2n) is 0. The predicted octanol–water partition coefficient (Wildman–Crippen LogP) is -4.69. The standard InChI is InChI=1S/5Na.Sn.9H. The minimum absolute atomic E-state index is 0. The van der Waals surface area contributed by atoms with Crippen molar-refractivity contribution >= 4 is 172 Å². The van der Waals surface area contributed by atoms with Gasteiger partial charge in [-0.05, 0) is 0 Å². The van der Waals surface area contributed by atoms with E-state index in [-0.39, 0.29) is 172 Å². The zero-order chi connectivity index (χ0) is 0. The number of rotatable bonds is 0. The Morgan fingerprint density at radius 3 is 0.333 bits per heavy atom. The van der Waals surface area contributed by atoms with Crippen LogP contribution < -0.4 is 0 Å². The molecule has 6 heavy (non-hydrogen) atoms. The number of hydrogen-bond donors (Lipinski definition) is 0. The van der Waals surface area contributed by atoms with Crippen LogP contribution in [-0.2, 0) is 0 Å². The van der Waals surface area contributed by atoms with Gasteiger partial charge in [-0.2, -0.15) is 0 Å². The Morgan fingerprint density at radius 1 is 0.333 bits per heavy atom. The first-order valence-corrected chi connectivity index (χ1v) is 0. The van der Waals surface area contributed by atoms with Gasteiger partial charge in [-0.25, -0.2) is 0 Å². The van der Waals surface area contributed by atoms with Crippen molar-refractivity contribution in [1.29, 1.82) is 0 Å². The third kappa shape index (κ3) is 22.6. The molecule has 0 saturated carbocycles. The Balaban J connectivity index is 0. The van der Waals surface area contributed by atoms with Crippen LogP contribution in [0.3, 0.4) is 0 Å². The molecular weight excluding hydrogens is 234 g/mol. The zero-order valence-corrected chi connectivity index (χ0v) is 0. The summed E-state index contributed by atoms with van der Waals surface area (Å²) in [7, 11) is 0. The van der Waals surface area contributed by atoms with Crippen LogP contribution in [0.2, 0.25) is 0 Å². The fourth-order valence-electron chi connectivity index (χ4n) is 0. The minimum atomic E-state index is 0. The predicted molar refractivity (Wildman–Crippen MR) is 47.1 cm³/mol. The molecule has 0 aliphatic heterocycles. The van der Waals surface area contributed by atoms with E-state index in [4.69, 9.17) is 0 Å². The van der Waals surface area contributed by atoms with E-state index in [1.807, 2.05) is 0 Å². The van der Waals surface area contributed by atoms with E-state index in [2.05, 4.69) is 0 Å². The van der Waals surface area contributed by atoms with Gasteiger partial charge in [0, 0.05) is 0 Å². The van der Waals surface area contributed by atoms with Crippen LogP contribution in [0.4, 0.5) is 0 Å². The fraction of sp³-hybridized carbons (Fsp3) is 0. The molecule has 0 aromatic heterocycles. The van der Waals surface area contributed by atoms with E-state index in [0.29, 0.717) is 0 Å². The van der Waals surface area contributed by atoms with Gasteiger partial charge < -0.3 is 0 Å². The SMILES string of the molecule is [NaH].[NaH].[NaH].[NaH].[NaH].[SnH4].